The first-order valence-electron chi connectivity index (χ1n) is 4.77. The minimum absolute atomic E-state index is 0.330. The highest BCUT2D eigenvalue weighted by molar-refractivity contribution is 7.13. The van der Waals surface area contributed by atoms with Crippen molar-refractivity contribution in [3.05, 3.63) is 52.3 Å². The second-order valence-electron chi connectivity index (χ2n) is 3.34. The minimum Gasteiger partial charge on any atom is -0.423 e. The molecule has 0 unspecified atom stereocenters. The van der Waals surface area contributed by atoms with E-state index in [1.165, 1.54) is 6.07 Å². The van der Waals surface area contributed by atoms with Crippen LogP contribution in [0.3, 0.4) is 0 Å². The summed E-state index contributed by atoms with van der Waals surface area (Å²) in [4.78, 5) is 15.3. The van der Waals surface area contributed by atoms with Crippen molar-refractivity contribution in [1.82, 2.24) is 4.98 Å². The maximum absolute atomic E-state index is 11.1. The van der Waals surface area contributed by atoms with Crippen LogP contribution in [0.15, 0.2) is 51.1 Å². The molecule has 0 spiro atoms. The average Bonchev–Trinajstić information content (AvgIpc) is 2.81. The quantitative estimate of drug-likeness (QED) is 0.602. The Labute approximate surface area is 95.0 Å². The van der Waals surface area contributed by atoms with E-state index in [-0.39, 0.29) is 5.63 Å². The molecule has 3 nitrogen and oxygen atoms in total. The standard InChI is InChI=1S/C12H7NO2S/c14-11-4-3-8-1-2-9(7-10(8)15-11)12-13-5-6-16-12/h1-7H. The Hall–Kier alpha value is -1.94. The number of rotatable bonds is 1. The molecule has 0 fully saturated rings. The summed E-state index contributed by atoms with van der Waals surface area (Å²) >= 11 is 1.56. The highest BCUT2D eigenvalue weighted by atomic mass is 32.1. The topological polar surface area (TPSA) is 43.1 Å². The van der Waals surface area contributed by atoms with E-state index in [1.54, 1.807) is 23.6 Å². The van der Waals surface area contributed by atoms with Crippen LogP contribution in [-0.4, -0.2) is 4.98 Å². The number of aromatic nitrogens is 1. The van der Waals surface area contributed by atoms with E-state index >= 15 is 0 Å². The van der Waals surface area contributed by atoms with Gasteiger partial charge < -0.3 is 4.42 Å². The molecule has 0 amide bonds. The zero-order valence-electron chi connectivity index (χ0n) is 8.21. The first-order chi connectivity index (χ1) is 7.83. The fourth-order valence-electron chi connectivity index (χ4n) is 1.56. The SMILES string of the molecule is O=c1ccc2ccc(-c3nccs3)cc2o1. The number of thiazole rings is 1. The summed E-state index contributed by atoms with van der Waals surface area (Å²) < 4.78 is 5.12. The minimum atomic E-state index is -0.330. The molecule has 0 saturated carbocycles. The van der Waals surface area contributed by atoms with Crippen LogP contribution >= 0.6 is 11.3 Å². The third-order valence-electron chi connectivity index (χ3n) is 2.30. The van der Waals surface area contributed by atoms with Crippen LogP contribution in [0, 0.1) is 0 Å². The number of hydrogen-bond acceptors (Lipinski definition) is 4. The first kappa shape index (κ1) is 9.30. The molecule has 1 aromatic carbocycles. The molecule has 0 saturated heterocycles. The normalized spacial score (nSPS) is 10.8. The van der Waals surface area contributed by atoms with E-state index < -0.39 is 0 Å². The molecule has 78 valence electrons. The smallest absolute Gasteiger partial charge is 0.336 e. The molecule has 0 radical (unpaired) electrons. The van der Waals surface area contributed by atoms with Gasteiger partial charge in [0.15, 0.2) is 0 Å². The first-order valence-corrected chi connectivity index (χ1v) is 5.65. The summed E-state index contributed by atoms with van der Waals surface area (Å²) in [6.45, 7) is 0. The van der Waals surface area contributed by atoms with Crippen molar-refractivity contribution >= 4 is 22.3 Å². The van der Waals surface area contributed by atoms with Crippen LogP contribution in [0.25, 0.3) is 21.5 Å². The molecule has 0 bridgehead atoms. The van der Waals surface area contributed by atoms with Crippen LogP contribution in [-0.2, 0) is 0 Å². The molecule has 0 aliphatic rings. The van der Waals surface area contributed by atoms with Gasteiger partial charge in [-0.25, -0.2) is 9.78 Å². The van der Waals surface area contributed by atoms with Crippen LogP contribution in [0.1, 0.15) is 0 Å². The van der Waals surface area contributed by atoms with Crippen LogP contribution < -0.4 is 5.63 Å². The number of benzene rings is 1. The highest BCUT2D eigenvalue weighted by Crippen LogP contribution is 2.25. The Morgan fingerprint density at radius 2 is 2.06 bits per heavy atom. The fraction of sp³-hybridized carbons (Fsp3) is 0. The second kappa shape index (κ2) is 3.57. The second-order valence-corrected chi connectivity index (χ2v) is 4.24. The number of fused-ring (bicyclic) bond motifs is 1. The molecule has 4 heteroatoms. The Kier molecular flexibility index (Phi) is 2.08. The van der Waals surface area contributed by atoms with E-state index in [2.05, 4.69) is 4.98 Å². The van der Waals surface area contributed by atoms with E-state index in [1.807, 2.05) is 23.6 Å². The van der Waals surface area contributed by atoms with Gasteiger partial charge in [0.05, 0.1) is 0 Å². The van der Waals surface area contributed by atoms with Crippen molar-refractivity contribution in [2.75, 3.05) is 0 Å². The van der Waals surface area contributed by atoms with Gasteiger partial charge in [-0.15, -0.1) is 11.3 Å². The van der Waals surface area contributed by atoms with Crippen LogP contribution in [0.4, 0.5) is 0 Å². The van der Waals surface area contributed by atoms with Crippen molar-refractivity contribution < 1.29 is 4.42 Å². The number of nitrogens with zero attached hydrogens (tertiary/aromatic N) is 1. The molecule has 2 aromatic heterocycles. The van der Waals surface area contributed by atoms with E-state index in [4.69, 9.17) is 4.42 Å². The lowest BCUT2D eigenvalue weighted by molar-refractivity contribution is 0.561. The molecular formula is C12H7NO2S. The third kappa shape index (κ3) is 1.53. The summed E-state index contributed by atoms with van der Waals surface area (Å²) in [6.07, 6.45) is 1.76. The molecule has 3 rings (SSSR count). The lowest BCUT2D eigenvalue weighted by Crippen LogP contribution is -1.94. The zero-order chi connectivity index (χ0) is 11.0. The molecule has 0 aliphatic carbocycles. The van der Waals surface area contributed by atoms with E-state index in [0.29, 0.717) is 5.58 Å². The van der Waals surface area contributed by atoms with Crippen molar-refractivity contribution in [1.29, 1.82) is 0 Å². The lowest BCUT2D eigenvalue weighted by atomic mass is 10.1. The predicted molar refractivity (Wildman–Crippen MR) is 63.6 cm³/mol. The highest BCUT2D eigenvalue weighted by Gasteiger charge is 2.03. The van der Waals surface area contributed by atoms with Crippen LogP contribution in [0.2, 0.25) is 0 Å². The van der Waals surface area contributed by atoms with Gasteiger partial charge in [0.1, 0.15) is 10.6 Å². The zero-order valence-corrected chi connectivity index (χ0v) is 9.03. The molecule has 0 atom stereocenters. The monoisotopic (exact) mass is 229 g/mol. The van der Waals surface area contributed by atoms with Crippen molar-refractivity contribution in [3.8, 4) is 10.6 Å². The molecular weight excluding hydrogens is 222 g/mol. The summed E-state index contributed by atoms with van der Waals surface area (Å²) in [6, 6.07) is 8.92. The van der Waals surface area contributed by atoms with Gasteiger partial charge in [0.25, 0.3) is 0 Å². The van der Waals surface area contributed by atoms with Gasteiger partial charge in [0.2, 0.25) is 0 Å². The molecule has 16 heavy (non-hydrogen) atoms. The van der Waals surface area contributed by atoms with Gasteiger partial charge in [-0.1, -0.05) is 12.1 Å². The number of hydrogen-bond donors (Lipinski definition) is 0. The van der Waals surface area contributed by atoms with Crippen molar-refractivity contribution in [2.24, 2.45) is 0 Å². The Bertz CT molecular complexity index is 686. The molecule has 0 N–H and O–H groups in total. The van der Waals surface area contributed by atoms with E-state index in [0.717, 1.165) is 16.0 Å². The lowest BCUT2D eigenvalue weighted by Gasteiger charge is -1.98. The fourth-order valence-corrected chi connectivity index (χ4v) is 2.20. The van der Waals surface area contributed by atoms with E-state index in [9.17, 15) is 4.79 Å². The Balaban J connectivity index is 2.26. The predicted octanol–water partition coefficient (Wildman–Crippen LogP) is 2.92. The van der Waals surface area contributed by atoms with Gasteiger partial charge in [-0.05, 0) is 12.1 Å². The molecule has 0 aliphatic heterocycles. The van der Waals surface area contributed by atoms with Crippen molar-refractivity contribution in [3.63, 3.8) is 0 Å². The third-order valence-corrected chi connectivity index (χ3v) is 3.12. The molecule has 2 heterocycles. The maximum Gasteiger partial charge on any atom is 0.336 e. The van der Waals surface area contributed by atoms with Crippen LogP contribution in [0.5, 0.6) is 0 Å². The Morgan fingerprint density at radius 1 is 1.19 bits per heavy atom. The van der Waals surface area contributed by atoms with Crippen molar-refractivity contribution in [2.45, 2.75) is 0 Å². The van der Waals surface area contributed by atoms with Gasteiger partial charge in [-0.3, -0.25) is 0 Å². The van der Waals surface area contributed by atoms with Gasteiger partial charge in [-0.2, -0.15) is 0 Å². The maximum atomic E-state index is 11.1. The van der Waals surface area contributed by atoms with Gasteiger partial charge >= 0.3 is 5.63 Å². The summed E-state index contributed by atoms with van der Waals surface area (Å²) in [5, 5.41) is 3.76. The Morgan fingerprint density at radius 3 is 2.88 bits per heavy atom. The summed E-state index contributed by atoms with van der Waals surface area (Å²) in [5.74, 6) is 0. The summed E-state index contributed by atoms with van der Waals surface area (Å²) in [7, 11) is 0. The largest absolute Gasteiger partial charge is 0.423 e. The summed E-state index contributed by atoms with van der Waals surface area (Å²) in [5.41, 5.74) is 1.24. The average molecular weight is 229 g/mol. The molecule has 3 aromatic rings. The van der Waals surface area contributed by atoms with Gasteiger partial charge in [0, 0.05) is 28.6 Å².